The molecule has 0 aromatic heterocycles. The van der Waals surface area contributed by atoms with Gasteiger partial charge >= 0.3 is 0 Å². The predicted molar refractivity (Wildman–Crippen MR) is 332 cm³/mol. The number of carbonyl (C=O) groups excluding carboxylic acids is 6. The number of hydrogen-bond acceptors (Lipinski definition) is 27. The monoisotopic (exact) mass is 1410 g/mol. The van der Waals surface area contributed by atoms with Crippen molar-refractivity contribution in [1.29, 1.82) is 10.8 Å². The third kappa shape index (κ3) is 17.0. The van der Waals surface area contributed by atoms with Crippen molar-refractivity contribution in [2.75, 3.05) is 46.1 Å². The molecule has 23 N–H and O–H groups in total. The Balaban J connectivity index is 0.994. The molecule has 6 amide bonds. The highest BCUT2D eigenvalue weighted by Gasteiger charge is 2.56. The molecule has 0 aliphatic carbocycles. The lowest BCUT2D eigenvalue weighted by Crippen LogP contribution is -2.69. The number of nitrogens with zero attached hydrogens (tertiary/aromatic N) is 1. The van der Waals surface area contributed by atoms with E-state index in [1.54, 1.807) is 19.1 Å². The van der Waals surface area contributed by atoms with Gasteiger partial charge in [-0.1, -0.05) is 63.1 Å². The van der Waals surface area contributed by atoms with Crippen molar-refractivity contribution in [2.24, 2.45) is 5.92 Å². The van der Waals surface area contributed by atoms with Crippen LogP contribution in [0.1, 0.15) is 50.7 Å². The second kappa shape index (κ2) is 33.1. The van der Waals surface area contributed by atoms with Crippen molar-refractivity contribution in [3.63, 3.8) is 0 Å². The predicted octanol–water partition coefficient (Wildman–Crippen LogP) is -9.71. The van der Waals surface area contributed by atoms with E-state index in [-0.39, 0.29) is 36.3 Å². The van der Waals surface area contributed by atoms with Crippen molar-refractivity contribution in [2.45, 2.75) is 199 Å². The van der Waals surface area contributed by atoms with E-state index in [9.17, 15) is 80.5 Å². The van der Waals surface area contributed by atoms with E-state index in [1.165, 1.54) is 36.4 Å². The largest absolute Gasteiger partial charge is 0.462 e. The van der Waals surface area contributed by atoms with Gasteiger partial charge in [0, 0.05) is 36.4 Å². The molecule has 0 saturated carbocycles. The molecule has 0 bridgehead atoms. The number of nitrogens with one attached hydrogen (secondary N) is 11. The number of aliphatic hydroxyl groups excluding tert-OH is 12. The summed E-state index contributed by atoms with van der Waals surface area (Å²) in [5.74, 6) is -9.41. The summed E-state index contributed by atoms with van der Waals surface area (Å²) in [7, 11) is 0. The van der Waals surface area contributed by atoms with Gasteiger partial charge in [0.2, 0.25) is 41.7 Å². The summed E-state index contributed by atoms with van der Waals surface area (Å²) in [6.07, 6.45) is -28.7. The lowest BCUT2D eigenvalue weighted by atomic mass is 9.92. The zero-order chi connectivity index (χ0) is 71.1. The van der Waals surface area contributed by atoms with Crippen molar-refractivity contribution in [3.8, 4) is 5.75 Å². The van der Waals surface area contributed by atoms with Crippen LogP contribution >= 0.6 is 11.6 Å². The number of rotatable bonds is 19. The van der Waals surface area contributed by atoms with Crippen LogP contribution in [0.15, 0.2) is 48.5 Å². The average molecular weight is 1410 g/mol. The highest BCUT2D eigenvalue weighted by atomic mass is 35.5. The Hall–Kier alpha value is -6.83. The van der Waals surface area contributed by atoms with Crippen LogP contribution in [0, 0.1) is 16.7 Å². The highest BCUT2D eigenvalue weighted by molar-refractivity contribution is 6.30. The van der Waals surface area contributed by atoms with Gasteiger partial charge in [0.15, 0.2) is 30.7 Å². The van der Waals surface area contributed by atoms with Crippen molar-refractivity contribution in [1.82, 2.24) is 52.8 Å². The van der Waals surface area contributed by atoms with E-state index < -0.39 is 239 Å². The van der Waals surface area contributed by atoms with Crippen LogP contribution in [0.2, 0.25) is 5.02 Å². The molecule has 7 fully saturated rings. The van der Waals surface area contributed by atoms with Crippen LogP contribution in [0.4, 0.5) is 0 Å². The molecule has 0 radical (unpaired) electrons. The Labute approximate surface area is 565 Å². The summed E-state index contributed by atoms with van der Waals surface area (Å²) in [5.41, 5.74) is 0.645. The molecule has 7 saturated heterocycles. The number of guanidine groups is 2. The van der Waals surface area contributed by atoms with Gasteiger partial charge in [-0.05, 0) is 41.8 Å². The number of halogens is 1. The third-order valence-electron chi connectivity index (χ3n) is 18.4. The van der Waals surface area contributed by atoms with Gasteiger partial charge in [-0.3, -0.25) is 39.6 Å². The second-order valence-corrected chi connectivity index (χ2v) is 25.6. The van der Waals surface area contributed by atoms with Crippen LogP contribution < -0.4 is 52.6 Å². The van der Waals surface area contributed by atoms with Gasteiger partial charge in [-0.25, -0.2) is 0 Å². The Morgan fingerprint density at radius 2 is 1.27 bits per heavy atom. The first kappa shape index (κ1) is 75.4. The number of benzene rings is 2. The molecule has 27 atom stereocenters. The fourth-order valence-corrected chi connectivity index (χ4v) is 12.8. The quantitative estimate of drug-likeness (QED) is 0.0621. The normalized spacial score (nSPS) is 37.5. The van der Waals surface area contributed by atoms with Gasteiger partial charge in [0.05, 0.1) is 45.1 Å². The standard InChI is InChI=1S/C60H87ClN12O25/c1-4-5-22(2)56-92-21-34-49(97-56)44(83)47(86)58(96-34)98-48-33(20-76)95-57(46(85)43(48)82)93-27-12-6-24(7-13-27)14-28-51(88)71-37(39(78)29-15-65-59(62)69-29)54(91)72-38(40(79)31-16-66-60(63)73(31)55-45(84)42(81)41(80)32(19-75)94-55)53(90)68-30(18-74)50(87)64-17-35(77)70-36(52(89)67-28)23(3)25-8-10-26(61)11-9-25/h6-13,22-23,28-34,36-49,55-58,74-76,78-86H,4-5,14-21H2,1-3H3,(H2,63,66)(H,64,87)(H,67,89)(H,68,90)(H,70,77)(H,71,88)(H,72,91)(H3,62,65,69). The molecule has 0 spiro atoms. The molecule has 7 aliphatic rings. The molecule has 2 aromatic carbocycles. The summed E-state index contributed by atoms with van der Waals surface area (Å²) < 4.78 is 41.2. The molecule has 38 heteroatoms. The molecule has 7 aliphatic heterocycles. The molecule has 27 unspecified atom stereocenters. The molecular weight excluding hydrogens is 1320 g/mol. The average Bonchev–Trinajstić information content (AvgIpc) is 1.45. The van der Waals surface area contributed by atoms with Crippen LogP contribution in [0.25, 0.3) is 0 Å². The summed E-state index contributed by atoms with van der Waals surface area (Å²) in [4.78, 5) is 88.4. The van der Waals surface area contributed by atoms with Crippen molar-refractivity contribution >= 4 is 59.0 Å². The van der Waals surface area contributed by atoms with Crippen molar-refractivity contribution in [3.05, 3.63) is 64.7 Å². The maximum atomic E-state index is 15.2. The summed E-state index contributed by atoms with van der Waals surface area (Å²) >= 11 is 6.20. The minimum atomic E-state index is -2.36. The van der Waals surface area contributed by atoms with Crippen LogP contribution in [-0.2, 0) is 63.6 Å². The lowest BCUT2D eigenvalue weighted by molar-refractivity contribution is -0.385. The molecule has 98 heavy (non-hydrogen) atoms. The number of carbonyl (C=O) groups is 6. The molecule has 7 heterocycles. The van der Waals surface area contributed by atoms with Crippen LogP contribution in [-0.4, -0.2) is 312 Å². The fourth-order valence-electron chi connectivity index (χ4n) is 12.7. The Morgan fingerprint density at radius 1 is 0.622 bits per heavy atom. The smallest absolute Gasteiger partial charge is 0.246 e. The zero-order valence-corrected chi connectivity index (χ0v) is 54.0. The van der Waals surface area contributed by atoms with E-state index >= 15 is 9.59 Å². The number of aliphatic hydroxyl groups is 12. The van der Waals surface area contributed by atoms with Crippen molar-refractivity contribution < 1.29 is 123 Å². The Kier molecular flexibility index (Phi) is 25.5. The summed E-state index contributed by atoms with van der Waals surface area (Å²) in [5, 5.41) is 172. The number of ether oxygens (including phenoxy) is 7. The molecule has 544 valence electrons. The third-order valence-corrected chi connectivity index (χ3v) is 18.6. The first-order chi connectivity index (χ1) is 46.7. The summed E-state index contributed by atoms with van der Waals surface area (Å²) in [6, 6.07) is -1.37. The number of amides is 6. The first-order valence-electron chi connectivity index (χ1n) is 32.0. The zero-order valence-electron chi connectivity index (χ0n) is 53.3. The maximum absolute atomic E-state index is 15.2. The fraction of sp³-hybridized carbons (Fsp3) is 0.667. The highest BCUT2D eigenvalue weighted by Crippen LogP contribution is 2.36. The Morgan fingerprint density at radius 3 is 1.92 bits per heavy atom. The van der Waals surface area contributed by atoms with E-state index in [2.05, 4.69) is 47.9 Å². The molecule has 9 rings (SSSR count). The summed E-state index contributed by atoms with van der Waals surface area (Å²) in [6.45, 7) is 0.826. The second-order valence-electron chi connectivity index (χ2n) is 25.2. The SMILES string of the molecule is CCCC(C)C1OCC2OC(OC3C(CO)OC(Oc4ccc(CC5NC(=O)C(C(C)c6ccc(Cl)cc6)NC(=O)CNC(=O)C(CO)NC(=O)C(C(O)C6CNC(=N)N6C6OC(CO)C(O)C(O)C6O)NC(=O)C(C(O)C6CNC(=N)N6)NC5=O)cc4)C(O)C3O)C(O)C(O)C2O1. The van der Waals surface area contributed by atoms with Gasteiger partial charge in [0.1, 0.15) is 121 Å². The van der Waals surface area contributed by atoms with Gasteiger partial charge in [-0.15, -0.1) is 0 Å². The topological polar surface area (TPSA) is 569 Å². The lowest BCUT2D eigenvalue weighted by Gasteiger charge is -2.49. The van der Waals surface area contributed by atoms with Gasteiger partial charge in [0.25, 0.3) is 0 Å². The number of hydrogen-bond donors (Lipinski definition) is 23. The Bertz CT molecular complexity index is 3110. The van der Waals surface area contributed by atoms with Gasteiger partial charge < -0.3 is 147 Å². The molecule has 37 nitrogen and oxygen atoms in total. The molecule has 2 aromatic rings. The van der Waals surface area contributed by atoms with E-state index in [0.717, 1.165) is 17.7 Å². The van der Waals surface area contributed by atoms with Gasteiger partial charge in [-0.2, -0.15) is 0 Å². The van der Waals surface area contributed by atoms with E-state index in [1.807, 2.05) is 13.8 Å². The minimum Gasteiger partial charge on any atom is -0.462 e. The number of fused-ring (bicyclic) bond motifs is 1. The van der Waals surface area contributed by atoms with Crippen LogP contribution in [0.5, 0.6) is 5.75 Å². The molecular formula is C60H87ClN12O25. The van der Waals surface area contributed by atoms with E-state index in [0.29, 0.717) is 10.6 Å². The van der Waals surface area contributed by atoms with Crippen LogP contribution in [0.3, 0.4) is 0 Å². The van der Waals surface area contributed by atoms with E-state index in [4.69, 9.17) is 55.6 Å². The maximum Gasteiger partial charge on any atom is 0.246 e. The minimum absolute atomic E-state index is 0.0382. The first-order valence-corrected chi connectivity index (χ1v) is 32.4.